The molecule has 1 aromatic carbocycles. The number of anilines is 1. The van der Waals surface area contributed by atoms with Crippen LogP contribution in [-0.2, 0) is 11.0 Å². The van der Waals surface area contributed by atoms with Crippen LogP contribution in [-0.4, -0.2) is 12.3 Å². The Morgan fingerprint density at radius 2 is 2.20 bits per heavy atom. The minimum absolute atomic E-state index is 0.0106. The third kappa shape index (κ3) is 5.29. The van der Waals surface area contributed by atoms with Gasteiger partial charge < -0.3 is 0 Å². The van der Waals surface area contributed by atoms with Crippen molar-refractivity contribution in [2.75, 3.05) is 5.32 Å². The van der Waals surface area contributed by atoms with E-state index >= 15 is 0 Å². The van der Waals surface area contributed by atoms with Crippen molar-refractivity contribution in [1.82, 2.24) is 0 Å². The van der Waals surface area contributed by atoms with Gasteiger partial charge in [0.05, 0.1) is 5.56 Å². The molecule has 0 bridgehead atoms. The largest absolute Gasteiger partial charge is 0.437 e. The standard InChI is InChI=1S/C13H15F3N2O2/c1-3-9(2)8-17-20-12(19)18-11-6-4-5-10(7-11)13(14,15)16/h4-9H,3H2,1-2H3,(H,18,19)/b17-8+. The maximum atomic E-state index is 12.5. The molecule has 0 saturated carbocycles. The predicted molar refractivity (Wildman–Crippen MR) is 69.5 cm³/mol. The van der Waals surface area contributed by atoms with Gasteiger partial charge in [0, 0.05) is 11.9 Å². The molecule has 0 aliphatic carbocycles. The van der Waals surface area contributed by atoms with Gasteiger partial charge in [0.1, 0.15) is 0 Å². The lowest BCUT2D eigenvalue weighted by atomic mass is 10.1. The van der Waals surface area contributed by atoms with Crippen LogP contribution in [0.2, 0.25) is 0 Å². The van der Waals surface area contributed by atoms with Crippen LogP contribution in [0.5, 0.6) is 0 Å². The fourth-order valence-electron chi connectivity index (χ4n) is 1.20. The Hall–Kier alpha value is -2.05. The second-order valence-corrected chi connectivity index (χ2v) is 4.22. The Bertz CT molecular complexity index is 487. The number of carbonyl (C=O) groups is 1. The number of amides is 1. The topological polar surface area (TPSA) is 50.7 Å². The van der Waals surface area contributed by atoms with Crippen LogP contribution in [0.4, 0.5) is 23.7 Å². The van der Waals surface area contributed by atoms with Crippen LogP contribution in [0.1, 0.15) is 25.8 Å². The molecular formula is C13H15F3N2O2. The average molecular weight is 288 g/mol. The van der Waals surface area contributed by atoms with Gasteiger partial charge in [-0.1, -0.05) is 25.1 Å². The molecule has 1 aromatic rings. The SMILES string of the molecule is CCC(C)/C=N/OC(=O)Nc1cccc(C(F)(F)F)c1. The maximum Gasteiger partial charge on any atom is 0.437 e. The Balaban J connectivity index is 2.61. The van der Waals surface area contributed by atoms with Gasteiger partial charge in [-0.05, 0) is 30.5 Å². The van der Waals surface area contributed by atoms with Gasteiger partial charge in [0.2, 0.25) is 0 Å². The van der Waals surface area contributed by atoms with Crippen LogP contribution in [0, 0.1) is 5.92 Å². The van der Waals surface area contributed by atoms with Crippen molar-refractivity contribution in [3.05, 3.63) is 29.8 Å². The first kappa shape index (κ1) is 16.0. The quantitative estimate of drug-likeness (QED) is 0.510. The number of nitrogens with one attached hydrogen (secondary N) is 1. The van der Waals surface area contributed by atoms with Gasteiger partial charge in [-0.2, -0.15) is 13.2 Å². The number of hydrogen-bond donors (Lipinski definition) is 1. The van der Waals surface area contributed by atoms with Crippen LogP contribution in [0.3, 0.4) is 0 Å². The fraction of sp³-hybridized carbons (Fsp3) is 0.385. The molecule has 1 N–H and O–H groups in total. The predicted octanol–water partition coefficient (Wildman–Crippen LogP) is 4.29. The number of carbonyl (C=O) groups excluding carboxylic acids is 1. The summed E-state index contributed by atoms with van der Waals surface area (Å²) >= 11 is 0. The first-order valence-electron chi connectivity index (χ1n) is 6.01. The molecule has 0 fully saturated rings. The molecule has 0 radical (unpaired) electrons. The van der Waals surface area contributed by atoms with Crippen molar-refractivity contribution in [1.29, 1.82) is 0 Å². The summed E-state index contributed by atoms with van der Waals surface area (Å²) in [5, 5.41) is 5.62. The van der Waals surface area contributed by atoms with Crippen molar-refractivity contribution in [2.24, 2.45) is 11.1 Å². The third-order valence-electron chi connectivity index (χ3n) is 2.53. The molecule has 110 valence electrons. The lowest BCUT2D eigenvalue weighted by molar-refractivity contribution is -0.137. The number of alkyl halides is 3. The van der Waals surface area contributed by atoms with Gasteiger partial charge in [-0.15, -0.1) is 0 Å². The molecular weight excluding hydrogens is 273 g/mol. The second-order valence-electron chi connectivity index (χ2n) is 4.22. The number of rotatable bonds is 4. The number of halogens is 3. The van der Waals surface area contributed by atoms with E-state index in [9.17, 15) is 18.0 Å². The van der Waals surface area contributed by atoms with Gasteiger partial charge in [0.25, 0.3) is 0 Å². The molecule has 0 spiro atoms. The highest BCUT2D eigenvalue weighted by atomic mass is 19.4. The zero-order valence-corrected chi connectivity index (χ0v) is 11.1. The summed E-state index contributed by atoms with van der Waals surface area (Å²) < 4.78 is 37.4. The molecule has 7 heteroatoms. The highest BCUT2D eigenvalue weighted by Crippen LogP contribution is 2.30. The van der Waals surface area contributed by atoms with Crippen LogP contribution >= 0.6 is 0 Å². The lowest BCUT2D eigenvalue weighted by Gasteiger charge is -2.08. The Morgan fingerprint density at radius 1 is 1.50 bits per heavy atom. The Labute approximate surface area is 114 Å². The molecule has 1 amide bonds. The monoisotopic (exact) mass is 288 g/mol. The highest BCUT2D eigenvalue weighted by molar-refractivity contribution is 5.84. The zero-order chi connectivity index (χ0) is 15.2. The molecule has 20 heavy (non-hydrogen) atoms. The molecule has 4 nitrogen and oxygen atoms in total. The molecule has 1 unspecified atom stereocenters. The van der Waals surface area contributed by atoms with E-state index in [1.807, 2.05) is 13.8 Å². The Morgan fingerprint density at radius 3 is 2.80 bits per heavy atom. The molecule has 1 atom stereocenters. The lowest BCUT2D eigenvalue weighted by Crippen LogP contribution is -2.12. The smallest absolute Gasteiger partial charge is 0.298 e. The number of oxime groups is 1. The molecule has 1 rings (SSSR count). The minimum atomic E-state index is -4.46. The van der Waals surface area contributed by atoms with Gasteiger partial charge in [-0.3, -0.25) is 10.2 Å². The van der Waals surface area contributed by atoms with E-state index < -0.39 is 17.8 Å². The molecule has 0 heterocycles. The number of hydrogen-bond acceptors (Lipinski definition) is 3. The summed E-state index contributed by atoms with van der Waals surface area (Å²) in [4.78, 5) is 15.8. The van der Waals surface area contributed by atoms with E-state index in [1.165, 1.54) is 18.3 Å². The van der Waals surface area contributed by atoms with Crippen molar-refractivity contribution in [3.63, 3.8) is 0 Å². The second kappa shape index (κ2) is 6.93. The van der Waals surface area contributed by atoms with Gasteiger partial charge in [0.15, 0.2) is 0 Å². The minimum Gasteiger partial charge on any atom is -0.298 e. The Kier molecular flexibility index (Phi) is 5.54. The van der Waals surface area contributed by atoms with Crippen molar-refractivity contribution in [3.8, 4) is 0 Å². The van der Waals surface area contributed by atoms with E-state index in [-0.39, 0.29) is 11.6 Å². The normalized spacial score (nSPS) is 13.2. The van der Waals surface area contributed by atoms with E-state index in [4.69, 9.17) is 0 Å². The van der Waals surface area contributed by atoms with Gasteiger partial charge in [-0.25, -0.2) is 4.79 Å². The van der Waals surface area contributed by atoms with Crippen LogP contribution < -0.4 is 5.32 Å². The molecule has 0 aliphatic rings. The third-order valence-corrected chi connectivity index (χ3v) is 2.53. The van der Waals surface area contributed by atoms with Gasteiger partial charge >= 0.3 is 12.3 Å². The summed E-state index contributed by atoms with van der Waals surface area (Å²) in [6.45, 7) is 3.83. The highest BCUT2D eigenvalue weighted by Gasteiger charge is 2.30. The average Bonchev–Trinajstić information content (AvgIpc) is 2.37. The molecule has 0 aliphatic heterocycles. The van der Waals surface area contributed by atoms with Crippen molar-refractivity contribution >= 4 is 18.0 Å². The van der Waals surface area contributed by atoms with Crippen LogP contribution in [0.15, 0.2) is 29.4 Å². The van der Waals surface area contributed by atoms with Crippen molar-refractivity contribution < 1.29 is 22.8 Å². The summed E-state index contributed by atoms with van der Waals surface area (Å²) in [7, 11) is 0. The van der Waals surface area contributed by atoms with E-state index in [0.717, 1.165) is 18.6 Å². The first-order valence-corrected chi connectivity index (χ1v) is 6.01. The number of benzene rings is 1. The van der Waals surface area contributed by atoms with E-state index in [1.54, 1.807) is 0 Å². The molecule has 0 saturated heterocycles. The maximum absolute atomic E-state index is 12.5. The van der Waals surface area contributed by atoms with E-state index in [2.05, 4.69) is 15.3 Å². The first-order chi connectivity index (χ1) is 9.32. The summed E-state index contributed by atoms with van der Waals surface area (Å²) in [6, 6.07) is 4.26. The summed E-state index contributed by atoms with van der Waals surface area (Å²) in [6.07, 6.45) is -3.12. The summed E-state index contributed by atoms with van der Waals surface area (Å²) in [5.41, 5.74) is -0.859. The zero-order valence-electron chi connectivity index (χ0n) is 11.1. The fourth-order valence-corrected chi connectivity index (χ4v) is 1.20. The van der Waals surface area contributed by atoms with Crippen LogP contribution in [0.25, 0.3) is 0 Å². The molecule has 0 aromatic heterocycles. The number of nitrogens with zero attached hydrogens (tertiary/aromatic N) is 1. The van der Waals surface area contributed by atoms with E-state index in [0.29, 0.717) is 0 Å². The summed E-state index contributed by atoms with van der Waals surface area (Å²) in [5.74, 6) is 0.149. The van der Waals surface area contributed by atoms with Crippen molar-refractivity contribution in [2.45, 2.75) is 26.4 Å².